The van der Waals surface area contributed by atoms with E-state index in [4.69, 9.17) is 0 Å². The molecule has 1 saturated carbocycles. The van der Waals surface area contributed by atoms with E-state index in [1.807, 2.05) is 54.6 Å². The maximum Gasteiger partial charge on any atom is 0.315 e. The standard InChI is InChI=1S/C21H26N4O2/c26-20(15-22-21(27)25-17-9-5-2-6-10-17)24-19-13-11-18(12-14-19)23-16-7-3-1-4-8-16/h1,3-4,7-8,11-14,17,23H,2,5-6,9-10,15H2,(H,24,26)(H2,22,25,27). The summed E-state index contributed by atoms with van der Waals surface area (Å²) < 4.78 is 0. The molecular weight excluding hydrogens is 340 g/mol. The van der Waals surface area contributed by atoms with Gasteiger partial charge in [0.15, 0.2) is 0 Å². The summed E-state index contributed by atoms with van der Waals surface area (Å²) in [5.74, 6) is -0.252. The van der Waals surface area contributed by atoms with E-state index in [9.17, 15) is 9.59 Å². The molecule has 27 heavy (non-hydrogen) atoms. The molecule has 142 valence electrons. The molecule has 1 aliphatic rings. The van der Waals surface area contributed by atoms with Crippen molar-refractivity contribution in [3.05, 3.63) is 54.6 Å². The maximum atomic E-state index is 12.0. The lowest BCUT2D eigenvalue weighted by atomic mass is 9.96. The molecule has 0 atom stereocenters. The molecule has 3 amide bonds. The molecule has 0 heterocycles. The molecule has 0 radical (unpaired) electrons. The van der Waals surface area contributed by atoms with Gasteiger partial charge < -0.3 is 21.3 Å². The Morgan fingerprint density at radius 1 is 0.815 bits per heavy atom. The van der Waals surface area contributed by atoms with Crippen LogP contribution in [0.15, 0.2) is 54.6 Å². The van der Waals surface area contributed by atoms with Crippen LogP contribution < -0.4 is 21.3 Å². The fourth-order valence-corrected chi connectivity index (χ4v) is 3.17. The summed E-state index contributed by atoms with van der Waals surface area (Å²) in [6, 6.07) is 17.3. The third kappa shape index (κ3) is 6.33. The quantitative estimate of drug-likeness (QED) is 0.624. The third-order valence-corrected chi connectivity index (χ3v) is 4.58. The number of para-hydroxylation sites is 1. The van der Waals surface area contributed by atoms with Crippen LogP contribution in [0.5, 0.6) is 0 Å². The third-order valence-electron chi connectivity index (χ3n) is 4.58. The van der Waals surface area contributed by atoms with E-state index in [0.717, 1.165) is 37.1 Å². The molecule has 2 aromatic carbocycles. The lowest BCUT2D eigenvalue weighted by Gasteiger charge is -2.22. The highest BCUT2D eigenvalue weighted by Crippen LogP contribution is 2.19. The summed E-state index contributed by atoms with van der Waals surface area (Å²) in [5, 5.41) is 11.6. The number of amides is 3. The number of anilines is 3. The van der Waals surface area contributed by atoms with Gasteiger partial charge in [0.05, 0.1) is 6.54 Å². The zero-order chi connectivity index (χ0) is 18.9. The van der Waals surface area contributed by atoms with Gasteiger partial charge in [-0.25, -0.2) is 4.79 Å². The van der Waals surface area contributed by atoms with Crippen LogP contribution >= 0.6 is 0 Å². The minimum absolute atomic E-state index is 0.0530. The maximum absolute atomic E-state index is 12.0. The van der Waals surface area contributed by atoms with Crippen LogP contribution in [0.3, 0.4) is 0 Å². The summed E-state index contributed by atoms with van der Waals surface area (Å²) in [6.07, 6.45) is 5.58. The van der Waals surface area contributed by atoms with Crippen molar-refractivity contribution in [2.75, 3.05) is 17.2 Å². The summed E-state index contributed by atoms with van der Waals surface area (Å²) in [6.45, 7) is -0.0530. The van der Waals surface area contributed by atoms with Crippen molar-refractivity contribution < 1.29 is 9.59 Å². The highest BCUT2D eigenvalue weighted by molar-refractivity contribution is 5.94. The predicted octanol–water partition coefficient (Wildman–Crippen LogP) is 4.00. The molecule has 0 saturated heterocycles. The first-order chi connectivity index (χ1) is 13.2. The van der Waals surface area contributed by atoms with Crippen LogP contribution in [0.4, 0.5) is 21.9 Å². The van der Waals surface area contributed by atoms with Crippen molar-refractivity contribution in [3.63, 3.8) is 0 Å². The summed E-state index contributed by atoms with van der Waals surface area (Å²) in [5.41, 5.74) is 2.62. The van der Waals surface area contributed by atoms with Crippen molar-refractivity contribution in [1.29, 1.82) is 0 Å². The number of carbonyl (C=O) groups is 2. The number of carbonyl (C=O) groups excluding carboxylic acids is 2. The molecule has 0 unspecified atom stereocenters. The first kappa shape index (κ1) is 18.8. The normalized spacial score (nSPS) is 14.2. The van der Waals surface area contributed by atoms with Crippen molar-refractivity contribution >= 4 is 29.0 Å². The molecule has 4 N–H and O–H groups in total. The van der Waals surface area contributed by atoms with Gasteiger partial charge in [-0.2, -0.15) is 0 Å². The highest BCUT2D eigenvalue weighted by atomic mass is 16.2. The minimum Gasteiger partial charge on any atom is -0.356 e. The Morgan fingerprint density at radius 2 is 1.44 bits per heavy atom. The number of benzene rings is 2. The summed E-state index contributed by atoms with van der Waals surface area (Å²) >= 11 is 0. The van der Waals surface area contributed by atoms with E-state index < -0.39 is 0 Å². The first-order valence-electron chi connectivity index (χ1n) is 9.45. The number of urea groups is 1. The lowest BCUT2D eigenvalue weighted by Crippen LogP contribution is -2.45. The van der Waals surface area contributed by atoms with Crippen molar-refractivity contribution in [3.8, 4) is 0 Å². The van der Waals surface area contributed by atoms with Gasteiger partial charge in [-0.05, 0) is 49.2 Å². The van der Waals surface area contributed by atoms with E-state index in [2.05, 4.69) is 21.3 Å². The summed E-state index contributed by atoms with van der Waals surface area (Å²) in [7, 11) is 0. The average Bonchev–Trinajstić information content (AvgIpc) is 2.70. The van der Waals surface area contributed by atoms with Gasteiger partial charge in [0.1, 0.15) is 0 Å². The van der Waals surface area contributed by atoms with Crippen molar-refractivity contribution in [2.24, 2.45) is 0 Å². The van der Waals surface area contributed by atoms with Gasteiger partial charge >= 0.3 is 6.03 Å². The van der Waals surface area contributed by atoms with Crippen LogP contribution in [-0.4, -0.2) is 24.5 Å². The number of hydrogen-bond donors (Lipinski definition) is 4. The second-order valence-electron chi connectivity index (χ2n) is 6.78. The lowest BCUT2D eigenvalue weighted by molar-refractivity contribution is -0.115. The monoisotopic (exact) mass is 366 g/mol. The SMILES string of the molecule is O=C(CNC(=O)NC1CCCCC1)Nc1ccc(Nc2ccccc2)cc1. The fraction of sp³-hybridized carbons (Fsp3) is 0.333. The van der Waals surface area contributed by atoms with Gasteiger partial charge in [0, 0.05) is 23.1 Å². The van der Waals surface area contributed by atoms with Gasteiger partial charge in [-0.1, -0.05) is 37.5 Å². The van der Waals surface area contributed by atoms with E-state index in [1.54, 1.807) is 0 Å². The fourth-order valence-electron chi connectivity index (χ4n) is 3.17. The van der Waals surface area contributed by atoms with Crippen molar-refractivity contribution in [2.45, 2.75) is 38.1 Å². The van der Waals surface area contributed by atoms with Crippen LogP contribution in [0.2, 0.25) is 0 Å². The molecule has 0 aromatic heterocycles. The van der Waals surface area contributed by atoms with Crippen LogP contribution in [0.25, 0.3) is 0 Å². The molecule has 0 aliphatic heterocycles. The minimum atomic E-state index is -0.278. The molecule has 3 rings (SSSR count). The number of nitrogens with one attached hydrogen (secondary N) is 4. The highest BCUT2D eigenvalue weighted by Gasteiger charge is 2.15. The zero-order valence-corrected chi connectivity index (χ0v) is 15.3. The van der Waals surface area contributed by atoms with Crippen LogP contribution in [-0.2, 0) is 4.79 Å². The molecule has 2 aromatic rings. The van der Waals surface area contributed by atoms with E-state index in [0.29, 0.717) is 5.69 Å². The Balaban J connectivity index is 1.40. The number of hydrogen-bond acceptors (Lipinski definition) is 3. The molecular formula is C21H26N4O2. The zero-order valence-electron chi connectivity index (χ0n) is 15.3. The molecule has 1 aliphatic carbocycles. The average molecular weight is 366 g/mol. The Labute approximate surface area is 159 Å². The smallest absolute Gasteiger partial charge is 0.315 e. The van der Waals surface area contributed by atoms with Gasteiger partial charge in [-0.15, -0.1) is 0 Å². The Hall–Kier alpha value is -3.02. The Bertz CT molecular complexity index is 741. The van der Waals surface area contributed by atoms with Gasteiger partial charge in [0.2, 0.25) is 5.91 Å². The predicted molar refractivity (Wildman–Crippen MR) is 108 cm³/mol. The van der Waals surface area contributed by atoms with Gasteiger partial charge in [0.25, 0.3) is 0 Å². The summed E-state index contributed by atoms with van der Waals surface area (Å²) in [4.78, 5) is 23.9. The molecule has 6 heteroatoms. The van der Waals surface area contributed by atoms with Crippen LogP contribution in [0, 0.1) is 0 Å². The molecule has 6 nitrogen and oxygen atoms in total. The molecule has 1 fully saturated rings. The molecule has 0 bridgehead atoms. The molecule has 0 spiro atoms. The first-order valence-corrected chi connectivity index (χ1v) is 9.45. The van der Waals surface area contributed by atoms with Crippen LogP contribution in [0.1, 0.15) is 32.1 Å². The number of rotatable bonds is 6. The topological polar surface area (TPSA) is 82.3 Å². The van der Waals surface area contributed by atoms with E-state index in [-0.39, 0.29) is 24.5 Å². The largest absolute Gasteiger partial charge is 0.356 e. The van der Waals surface area contributed by atoms with E-state index in [1.165, 1.54) is 6.42 Å². The Kier molecular flexibility index (Phi) is 6.68. The van der Waals surface area contributed by atoms with Crippen molar-refractivity contribution in [1.82, 2.24) is 10.6 Å². The second kappa shape index (κ2) is 9.62. The second-order valence-corrected chi connectivity index (χ2v) is 6.78. The van der Waals surface area contributed by atoms with E-state index >= 15 is 0 Å². The Morgan fingerprint density at radius 3 is 2.15 bits per heavy atom. The van der Waals surface area contributed by atoms with Gasteiger partial charge in [-0.3, -0.25) is 4.79 Å².